The minimum atomic E-state index is -0.501. The van der Waals surface area contributed by atoms with Crippen molar-refractivity contribution in [2.24, 2.45) is 0 Å². The number of carbonyl (C=O) groups is 1. The molecule has 0 saturated carbocycles. The van der Waals surface area contributed by atoms with Crippen LogP contribution in [0.2, 0.25) is 8.67 Å². The lowest BCUT2D eigenvalue weighted by atomic mass is 10.2. The third-order valence-corrected chi connectivity index (χ3v) is 4.05. The van der Waals surface area contributed by atoms with E-state index in [-0.39, 0.29) is 15.6 Å². The third-order valence-electron chi connectivity index (χ3n) is 2.57. The molecular weight excluding hydrogens is 323 g/mol. The van der Waals surface area contributed by atoms with Crippen LogP contribution in [0.15, 0.2) is 24.3 Å². The molecule has 0 spiro atoms. The van der Waals surface area contributed by atoms with Crippen molar-refractivity contribution >= 4 is 51.8 Å². The average molecular weight is 331 g/mol. The Morgan fingerprint density at radius 1 is 1.35 bits per heavy atom. The summed E-state index contributed by atoms with van der Waals surface area (Å²) in [5, 5.41) is 13.4. The summed E-state index contributed by atoms with van der Waals surface area (Å²) in [7, 11) is 0. The van der Waals surface area contributed by atoms with Gasteiger partial charge in [-0.1, -0.05) is 29.3 Å². The van der Waals surface area contributed by atoms with Crippen LogP contribution in [0.3, 0.4) is 0 Å². The summed E-state index contributed by atoms with van der Waals surface area (Å²) >= 11 is 12.7. The first kappa shape index (κ1) is 14.8. The Bertz CT molecular complexity index is 700. The van der Waals surface area contributed by atoms with Crippen molar-refractivity contribution in [2.45, 2.75) is 6.92 Å². The summed E-state index contributed by atoms with van der Waals surface area (Å²) in [6.45, 7) is 1.62. The quantitative estimate of drug-likeness (QED) is 0.664. The lowest BCUT2D eigenvalue weighted by Gasteiger charge is -2.05. The fourth-order valence-electron chi connectivity index (χ4n) is 1.58. The lowest BCUT2D eigenvalue weighted by Crippen LogP contribution is -2.11. The summed E-state index contributed by atoms with van der Waals surface area (Å²) in [6, 6.07) is 5.90. The summed E-state index contributed by atoms with van der Waals surface area (Å²) in [5.74, 6) is -0.462. The van der Waals surface area contributed by atoms with Crippen molar-refractivity contribution in [3.8, 4) is 0 Å². The monoisotopic (exact) mass is 330 g/mol. The summed E-state index contributed by atoms with van der Waals surface area (Å²) in [5.41, 5.74) is 1.03. The second-order valence-corrected chi connectivity index (χ2v) is 6.24. The number of amides is 1. The number of halogens is 2. The number of aryl methyl sites for hydroxylation is 1. The van der Waals surface area contributed by atoms with Crippen LogP contribution in [0.1, 0.15) is 15.9 Å². The molecular formula is C12H8Cl2N2O3S. The molecule has 0 saturated heterocycles. The Hall–Kier alpha value is -1.63. The second kappa shape index (κ2) is 5.78. The Morgan fingerprint density at radius 3 is 2.60 bits per heavy atom. The number of nitro groups is 1. The number of hydrogen-bond donors (Lipinski definition) is 1. The Morgan fingerprint density at radius 2 is 2.05 bits per heavy atom. The molecule has 104 valence electrons. The fraction of sp³-hybridized carbons (Fsp3) is 0.0833. The zero-order chi connectivity index (χ0) is 14.9. The molecule has 0 aliphatic carbocycles. The SMILES string of the molecule is Cc1ccc(NC(=O)c2cc(Cl)sc2Cl)cc1[N+](=O)[O-]. The van der Waals surface area contributed by atoms with E-state index >= 15 is 0 Å². The van der Waals surface area contributed by atoms with Gasteiger partial charge >= 0.3 is 0 Å². The molecule has 20 heavy (non-hydrogen) atoms. The predicted molar refractivity (Wildman–Crippen MR) is 80.1 cm³/mol. The Balaban J connectivity index is 2.26. The first-order valence-corrected chi connectivity index (χ1v) is 6.97. The van der Waals surface area contributed by atoms with E-state index in [1.807, 2.05) is 0 Å². The molecule has 1 N–H and O–H groups in total. The van der Waals surface area contributed by atoms with Gasteiger partial charge in [-0.25, -0.2) is 0 Å². The molecule has 1 heterocycles. The van der Waals surface area contributed by atoms with E-state index < -0.39 is 10.8 Å². The van der Waals surface area contributed by atoms with Gasteiger partial charge in [0.05, 0.1) is 14.8 Å². The van der Waals surface area contributed by atoms with E-state index in [0.29, 0.717) is 15.6 Å². The highest BCUT2D eigenvalue weighted by atomic mass is 35.5. The number of nitro benzene ring substituents is 1. The topological polar surface area (TPSA) is 72.2 Å². The third kappa shape index (κ3) is 3.09. The number of benzene rings is 1. The highest BCUT2D eigenvalue weighted by Crippen LogP contribution is 2.32. The highest BCUT2D eigenvalue weighted by molar-refractivity contribution is 7.20. The molecule has 0 aliphatic rings. The van der Waals surface area contributed by atoms with Gasteiger partial charge < -0.3 is 5.32 Å². The Labute approximate surface area is 128 Å². The van der Waals surface area contributed by atoms with Crippen molar-refractivity contribution in [3.05, 3.63) is 54.2 Å². The number of carbonyl (C=O) groups excluding carboxylic acids is 1. The van der Waals surface area contributed by atoms with Crippen molar-refractivity contribution < 1.29 is 9.72 Å². The standard InChI is InChI=1S/C12H8Cl2N2O3S/c1-6-2-3-7(4-9(6)16(18)19)15-12(17)8-5-10(13)20-11(8)14/h2-5H,1H3,(H,15,17). The van der Waals surface area contributed by atoms with Crippen molar-refractivity contribution in [2.75, 3.05) is 5.32 Å². The number of hydrogen-bond acceptors (Lipinski definition) is 4. The maximum Gasteiger partial charge on any atom is 0.274 e. The lowest BCUT2D eigenvalue weighted by molar-refractivity contribution is -0.385. The number of rotatable bonds is 3. The largest absolute Gasteiger partial charge is 0.322 e. The molecule has 1 aromatic heterocycles. The van der Waals surface area contributed by atoms with E-state index in [9.17, 15) is 14.9 Å². The van der Waals surface area contributed by atoms with Crippen LogP contribution in [-0.4, -0.2) is 10.8 Å². The number of thiophene rings is 1. The molecule has 0 atom stereocenters. The van der Waals surface area contributed by atoms with Gasteiger partial charge in [-0.15, -0.1) is 11.3 Å². The molecule has 0 bridgehead atoms. The molecule has 1 amide bonds. The smallest absolute Gasteiger partial charge is 0.274 e. The van der Waals surface area contributed by atoms with Gasteiger partial charge in [0.15, 0.2) is 0 Å². The zero-order valence-corrected chi connectivity index (χ0v) is 12.5. The molecule has 5 nitrogen and oxygen atoms in total. The van der Waals surface area contributed by atoms with E-state index in [1.165, 1.54) is 12.1 Å². The van der Waals surface area contributed by atoms with Crippen molar-refractivity contribution in [1.82, 2.24) is 0 Å². The van der Waals surface area contributed by atoms with Crippen LogP contribution < -0.4 is 5.32 Å². The molecule has 0 unspecified atom stereocenters. The van der Waals surface area contributed by atoms with Gasteiger partial charge in [-0.05, 0) is 19.1 Å². The molecule has 8 heteroatoms. The van der Waals surface area contributed by atoms with Gasteiger partial charge in [-0.2, -0.15) is 0 Å². The van der Waals surface area contributed by atoms with Gasteiger partial charge in [0.1, 0.15) is 4.34 Å². The second-order valence-electron chi connectivity index (χ2n) is 3.95. The van der Waals surface area contributed by atoms with E-state index in [2.05, 4.69) is 5.32 Å². The van der Waals surface area contributed by atoms with Gasteiger partial charge in [0.2, 0.25) is 0 Å². The highest BCUT2D eigenvalue weighted by Gasteiger charge is 2.16. The minimum Gasteiger partial charge on any atom is -0.322 e. The number of nitrogens with zero attached hydrogens (tertiary/aromatic N) is 1. The maximum absolute atomic E-state index is 12.0. The van der Waals surface area contributed by atoms with Crippen LogP contribution >= 0.6 is 34.5 Å². The van der Waals surface area contributed by atoms with Crippen LogP contribution in [0.25, 0.3) is 0 Å². The summed E-state index contributed by atoms with van der Waals surface area (Å²) in [6.07, 6.45) is 0. The van der Waals surface area contributed by atoms with E-state index in [4.69, 9.17) is 23.2 Å². The molecule has 1 aromatic carbocycles. The van der Waals surface area contributed by atoms with Gasteiger partial charge in [-0.3, -0.25) is 14.9 Å². The first-order valence-electron chi connectivity index (χ1n) is 5.39. The molecule has 0 radical (unpaired) electrons. The van der Waals surface area contributed by atoms with E-state index in [0.717, 1.165) is 11.3 Å². The summed E-state index contributed by atoms with van der Waals surface area (Å²) in [4.78, 5) is 22.3. The molecule has 0 fully saturated rings. The fourth-order valence-corrected chi connectivity index (χ4v) is 3.04. The minimum absolute atomic E-state index is 0.0581. The number of nitrogens with one attached hydrogen (secondary N) is 1. The van der Waals surface area contributed by atoms with Crippen LogP contribution in [0.4, 0.5) is 11.4 Å². The van der Waals surface area contributed by atoms with Crippen molar-refractivity contribution in [3.63, 3.8) is 0 Å². The van der Waals surface area contributed by atoms with Crippen LogP contribution in [0.5, 0.6) is 0 Å². The molecule has 0 aliphatic heterocycles. The van der Waals surface area contributed by atoms with Crippen molar-refractivity contribution in [1.29, 1.82) is 0 Å². The number of anilines is 1. The van der Waals surface area contributed by atoms with Crippen LogP contribution in [0, 0.1) is 17.0 Å². The normalized spacial score (nSPS) is 10.3. The zero-order valence-electron chi connectivity index (χ0n) is 10.1. The first-order chi connectivity index (χ1) is 9.38. The molecule has 2 rings (SSSR count). The van der Waals surface area contributed by atoms with E-state index in [1.54, 1.807) is 19.1 Å². The average Bonchev–Trinajstić information content (AvgIpc) is 2.70. The maximum atomic E-state index is 12.0. The molecule has 2 aromatic rings. The Kier molecular flexibility index (Phi) is 4.27. The van der Waals surface area contributed by atoms with Gasteiger partial charge in [0, 0.05) is 17.3 Å². The van der Waals surface area contributed by atoms with Gasteiger partial charge in [0.25, 0.3) is 11.6 Å². The predicted octanol–water partition coefficient (Wildman–Crippen LogP) is 4.52. The van der Waals surface area contributed by atoms with Crippen LogP contribution in [-0.2, 0) is 0 Å². The summed E-state index contributed by atoms with van der Waals surface area (Å²) < 4.78 is 0.671.